The summed E-state index contributed by atoms with van der Waals surface area (Å²) in [5, 5.41) is 7.31. The molecular weight excluding hydrogens is 130 g/mol. The van der Waals surface area contributed by atoms with E-state index in [1.165, 1.54) is 6.20 Å². The molecule has 0 unspecified atom stereocenters. The molecule has 0 fully saturated rings. The smallest absolute Gasteiger partial charge is 0.0784 e. The highest BCUT2D eigenvalue weighted by atomic mass is 15.3. The van der Waals surface area contributed by atoms with Crippen LogP contribution in [0.3, 0.4) is 0 Å². The molecular formula is C5H7N5. The lowest BCUT2D eigenvalue weighted by molar-refractivity contribution is 0.740. The Balaban J connectivity index is 3.17. The molecule has 5 nitrogen and oxygen atoms in total. The first-order valence-electron chi connectivity index (χ1n) is 2.79. The minimum Gasteiger partial charge on any atom is -0.272 e. The maximum absolute atomic E-state index is 8.07. The first-order valence-corrected chi connectivity index (χ1v) is 2.79. The molecule has 0 aliphatic heterocycles. The van der Waals surface area contributed by atoms with Crippen molar-refractivity contribution in [3.05, 3.63) is 22.3 Å². The Morgan fingerprint density at radius 2 is 2.50 bits per heavy atom. The minimum absolute atomic E-state index is 0.588. The lowest BCUT2D eigenvalue weighted by Gasteiger charge is -1.90. The molecule has 0 saturated carbocycles. The van der Waals surface area contributed by atoms with Gasteiger partial charge in [0, 0.05) is 17.7 Å². The summed E-state index contributed by atoms with van der Waals surface area (Å²) in [4.78, 5) is 2.65. The maximum atomic E-state index is 8.07. The number of rotatable bonds is 1. The normalized spacial score (nSPS) is 9.00. The molecule has 0 bridgehead atoms. The molecule has 0 aromatic carbocycles. The third-order valence-electron chi connectivity index (χ3n) is 1.36. The van der Waals surface area contributed by atoms with Gasteiger partial charge in [-0.15, -0.1) is 0 Å². The predicted molar refractivity (Wildman–Crippen MR) is 36.8 cm³/mol. The number of aryl methyl sites for hydroxylation is 1. The lowest BCUT2D eigenvalue weighted by atomic mass is 10.4. The zero-order valence-electron chi connectivity index (χ0n) is 5.81. The van der Waals surface area contributed by atoms with Crippen LogP contribution in [0.2, 0.25) is 0 Å². The highest BCUT2D eigenvalue weighted by molar-refractivity contribution is 5.38. The van der Waals surface area contributed by atoms with Gasteiger partial charge in [0.25, 0.3) is 0 Å². The van der Waals surface area contributed by atoms with Crippen LogP contribution in [-0.2, 0) is 7.05 Å². The van der Waals surface area contributed by atoms with Crippen LogP contribution in [0.25, 0.3) is 10.4 Å². The molecule has 1 aromatic heterocycles. The van der Waals surface area contributed by atoms with Crippen LogP contribution in [0.1, 0.15) is 5.69 Å². The van der Waals surface area contributed by atoms with Crippen LogP contribution in [0, 0.1) is 6.92 Å². The maximum Gasteiger partial charge on any atom is 0.0784 e. The Labute approximate surface area is 57.9 Å². The van der Waals surface area contributed by atoms with Crippen molar-refractivity contribution in [2.75, 3.05) is 0 Å². The molecule has 0 saturated heterocycles. The van der Waals surface area contributed by atoms with Gasteiger partial charge in [-0.05, 0) is 12.5 Å². The molecule has 0 amide bonds. The van der Waals surface area contributed by atoms with Crippen LogP contribution in [0.4, 0.5) is 5.69 Å². The van der Waals surface area contributed by atoms with E-state index < -0.39 is 0 Å². The third kappa shape index (κ3) is 0.942. The van der Waals surface area contributed by atoms with Crippen molar-refractivity contribution in [2.45, 2.75) is 6.92 Å². The zero-order chi connectivity index (χ0) is 7.56. The molecule has 1 heterocycles. The number of nitrogens with zero attached hydrogens (tertiary/aromatic N) is 5. The van der Waals surface area contributed by atoms with Gasteiger partial charge in [-0.25, -0.2) is 0 Å². The number of hydrogen-bond donors (Lipinski definition) is 0. The van der Waals surface area contributed by atoms with E-state index in [4.69, 9.17) is 5.53 Å². The second-order valence-electron chi connectivity index (χ2n) is 1.93. The molecule has 0 N–H and O–H groups in total. The van der Waals surface area contributed by atoms with Crippen molar-refractivity contribution in [2.24, 2.45) is 12.2 Å². The predicted octanol–water partition coefficient (Wildman–Crippen LogP) is 1.67. The Bertz CT molecular complexity index is 280. The lowest BCUT2D eigenvalue weighted by Crippen LogP contribution is -1.90. The summed E-state index contributed by atoms with van der Waals surface area (Å²) in [7, 11) is 1.80. The van der Waals surface area contributed by atoms with Gasteiger partial charge < -0.3 is 0 Å². The molecule has 52 valence electrons. The van der Waals surface area contributed by atoms with E-state index >= 15 is 0 Å². The number of azide groups is 1. The Hall–Kier alpha value is -1.48. The van der Waals surface area contributed by atoms with Crippen molar-refractivity contribution in [1.29, 1.82) is 0 Å². The zero-order valence-corrected chi connectivity index (χ0v) is 5.81. The fourth-order valence-corrected chi connectivity index (χ4v) is 0.633. The van der Waals surface area contributed by atoms with Gasteiger partial charge in [0.05, 0.1) is 11.9 Å². The SMILES string of the molecule is Cc1c(N=[N+]=[N-])cnn1C. The summed E-state index contributed by atoms with van der Waals surface area (Å²) < 4.78 is 1.66. The van der Waals surface area contributed by atoms with Crippen LogP contribution in [0.15, 0.2) is 11.3 Å². The first kappa shape index (κ1) is 6.64. The van der Waals surface area contributed by atoms with Gasteiger partial charge in [-0.3, -0.25) is 4.68 Å². The van der Waals surface area contributed by atoms with Crippen molar-refractivity contribution in [1.82, 2.24) is 9.78 Å². The average molecular weight is 137 g/mol. The summed E-state index contributed by atoms with van der Waals surface area (Å²) in [6.07, 6.45) is 1.54. The molecule has 0 atom stereocenters. The minimum atomic E-state index is 0.588. The van der Waals surface area contributed by atoms with Crippen LogP contribution < -0.4 is 0 Å². The van der Waals surface area contributed by atoms with Gasteiger partial charge in [0.1, 0.15) is 0 Å². The van der Waals surface area contributed by atoms with E-state index in [-0.39, 0.29) is 0 Å². The van der Waals surface area contributed by atoms with E-state index in [1.54, 1.807) is 11.7 Å². The molecule has 0 aliphatic rings. The third-order valence-corrected chi connectivity index (χ3v) is 1.36. The molecule has 5 heteroatoms. The largest absolute Gasteiger partial charge is 0.272 e. The molecule has 0 aliphatic carbocycles. The van der Waals surface area contributed by atoms with Gasteiger partial charge in [-0.2, -0.15) is 5.10 Å². The summed E-state index contributed by atoms with van der Waals surface area (Å²) in [5.41, 5.74) is 9.54. The van der Waals surface area contributed by atoms with Crippen molar-refractivity contribution in [3.63, 3.8) is 0 Å². The first-order chi connectivity index (χ1) is 4.75. The van der Waals surface area contributed by atoms with E-state index in [1.807, 2.05) is 6.92 Å². The number of hydrogen-bond acceptors (Lipinski definition) is 2. The quantitative estimate of drug-likeness (QED) is 0.330. The average Bonchev–Trinajstić information content (AvgIpc) is 2.20. The molecule has 1 aromatic rings. The van der Waals surface area contributed by atoms with Crippen LogP contribution in [0.5, 0.6) is 0 Å². The highest BCUT2D eigenvalue weighted by Crippen LogP contribution is 2.15. The fraction of sp³-hybridized carbons (Fsp3) is 0.400. The summed E-state index contributed by atoms with van der Waals surface area (Å²) >= 11 is 0. The van der Waals surface area contributed by atoms with Crippen LogP contribution >= 0.6 is 0 Å². The molecule has 1 rings (SSSR count). The van der Waals surface area contributed by atoms with E-state index in [9.17, 15) is 0 Å². The number of aromatic nitrogens is 2. The molecule has 0 radical (unpaired) electrons. The second-order valence-corrected chi connectivity index (χ2v) is 1.93. The Morgan fingerprint density at radius 3 is 2.90 bits per heavy atom. The highest BCUT2D eigenvalue weighted by Gasteiger charge is 1.98. The van der Waals surface area contributed by atoms with Crippen molar-refractivity contribution < 1.29 is 0 Å². The van der Waals surface area contributed by atoms with Gasteiger partial charge in [0.2, 0.25) is 0 Å². The standard InChI is InChI=1S/C5H7N5/c1-4-5(8-9-6)3-7-10(4)2/h3H,1-2H3. The van der Waals surface area contributed by atoms with Crippen molar-refractivity contribution in [3.8, 4) is 0 Å². The van der Waals surface area contributed by atoms with Crippen molar-refractivity contribution >= 4 is 5.69 Å². The van der Waals surface area contributed by atoms with Gasteiger partial charge >= 0.3 is 0 Å². The summed E-state index contributed by atoms with van der Waals surface area (Å²) in [6, 6.07) is 0. The van der Waals surface area contributed by atoms with E-state index in [0.717, 1.165) is 5.69 Å². The molecule has 0 spiro atoms. The Kier molecular flexibility index (Phi) is 1.60. The van der Waals surface area contributed by atoms with E-state index in [2.05, 4.69) is 15.1 Å². The summed E-state index contributed by atoms with van der Waals surface area (Å²) in [6.45, 7) is 1.84. The topological polar surface area (TPSA) is 66.6 Å². The fourth-order valence-electron chi connectivity index (χ4n) is 0.633. The second kappa shape index (κ2) is 2.41. The van der Waals surface area contributed by atoms with Gasteiger partial charge in [0.15, 0.2) is 0 Å². The molecule has 10 heavy (non-hydrogen) atoms. The summed E-state index contributed by atoms with van der Waals surface area (Å²) in [5.74, 6) is 0. The van der Waals surface area contributed by atoms with Gasteiger partial charge in [-0.1, -0.05) is 5.11 Å². The Morgan fingerprint density at radius 1 is 1.80 bits per heavy atom. The van der Waals surface area contributed by atoms with E-state index in [0.29, 0.717) is 5.69 Å². The van der Waals surface area contributed by atoms with Crippen LogP contribution in [-0.4, -0.2) is 9.78 Å². The monoisotopic (exact) mass is 137 g/mol.